The van der Waals surface area contributed by atoms with Gasteiger partial charge >= 0.3 is 0 Å². The molecule has 0 heterocycles. The lowest BCUT2D eigenvalue weighted by atomic mass is 10.2. The zero-order valence-electron chi connectivity index (χ0n) is 10.6. The average molecular weight is 373 g/mol. The predicted octanol–water partition coefficient (Wildman–Crippen LogP) is 4.60. The van der Waals surface area contributed by atoms with E-state index in [0.29, 0.717) is 38.1 Å². The number of amides is 1. The maximum Gasteiger partial charge on any atom is 0.288 e. The molecule has 21 heavy (non-hydrogen) atoms. The van der Waals surface area contributed by atoms with Crippen molar-refractivity contribution in [2.24, 2.45) is 0 Å². The minimum absolute atomic E-state index is 0.311. The minimum Gasteiger partial charge on any atom is -0.398 e. The summed E-state index contributed by atoms with van der Waals surface area (Å²) in [6.07, 6.45) is 0. The number of alkyl halides is 2. The molecule has 2 aromatic carbocycles. The van der Waals surface area contributed by atoms with Crippen LogP contribution in [0.15, 0.2) is 51.8 Å². The molecule has 3 nitrogen and oxygen atoms in total. The first-order chi connectivity index (χ1) is 9.97. The van der Waals surface area contributed by atoms with Gasteiger partial charge in [-0.1, -0.05) is 23.9 Å². The van der Waals surface area contributed by atoms with Crippen molar-refractivity contribution < 1.29 is 13.6 Å². The number of nitrogens with one attached hydrogen (secondary N) is 1. The van der Waals surface area contributed by atoms with Crippen molar-refractivity contribution in [2.45, 2.75) is 10.7 Å². The number of anilines is 2. The van der Waals surface area contributed by atoms with Gasteiger partial charge in [0.15, 0.2) is 0 Å². The largest absolute Gasteiger partial charge is 0.398 e. The van der Waals surface area contributed by atoms with E-state index in [1.807, 2.05) is 0 Å². The summed E-state index contributed by atoms with van der Waals surface area (Å²) in [5.41, 5.74) is 6.84. The monoisotopic (exact) mass is 372 g/mol. The normalized spacial score (nSPS) is 10.7. The maximum absolute atomic E-state index is 12.5. The first-order valence-electron chi connectivity index (χ1n) is 5.87. The number of halogens is 3. The molecule has 0 bridgehead atoms. The molecule has 0 radical (unpaired) electrons. The van der Waals surface area contributed by atoms with Crippen LogP contribution >= 0.6 is 27.7 Å². The Bertz CT molecular complexity index is 667. The molecule has 0 atom stereocenters. The quantitative estimate of drug-likeness (QED) is 0.609. The van der Waals surface area contributed by atoms with Crippen molar-refractivity contribution in [3.63, 3.8) is 0 Å². The third-order valence-corrected chi connectivity index (χ3v) is 4.12. The van der Waals surface area contributed by atoms with Crippen LogP contribution in [0.3, 0.4) is 0 Å². The van der Waals surface area contributed by atoms with Gasteiger partial charge in [0.2, 0.25) is 0 Å². The Morgan fingerprint density at radius 2 is 1.95 bits per heavy atom. The van der Waals surface area contributed by atoms with Crippen LogP contribution in [0.5, 0.6) is 0 Å². The van der Waals surface area contributed by atoms with Gasteiger partial charge in [0, 0.05) is 20.6 Å². The van der Waals surface area contributed by atoms with Crippen LogP contribution in [0.25, 0.3) is 0 Å². The highest BCUT2D eigenvalue weighted by atomic mass is 79.9. The summed E-state index contributed by atoms with van der Waals surface area (Å²) in [6.45, 7) is 0. The number of thioether (sulfide) groups is 1. The average Bonchev–Trinajstić information content (AvgIpc) is 2.43. The van der Waals surface area contributed by atoms with Crippen molar-refractivity contribution in [1.29, 1.82) is 0 Å². The third-order valence-electron chi connectivity index (χ3n) is 2.61. The first kappa shape index (κ1) is 15.8. The van der Waals surface area contributed by atoms with Crippen molar-refractivity contribution in [3.8, 4) is 0 Å². The Labute approximate surface area is 133 Å². The molecule has 0 aliphatic carbocycles. The smallest absolute Gasteiger partial charge is 0.288 e. The maximum atomic E-state index is 12.5. The summed E-state index contributed by atoms with van der Waals surface area (Å²) in [5.74, 6) is -2.96. The second kappa shape index (κ2) is 6.91. The zero-order chi connectivity index (χ0) is 15.4. The number of nitrogens with two attached hydrogens (primary N) is 1. The summed E-state index contributed by atoms with van der Waals surface area (Å²) in [6, 6.07) is 11.2. The van der Waals surface area contributed by atoms with Crippen LogP contribution in [0.1, 0.15) is 10.4 Å². The van der Waals surface area contributed by atoms with Crippen molar-refractivity contribution >= 4 is 45.0 Å². The van der Waals surface area contributed by atoms with Gasteiger partial charge in [-0.25, -0.2) is 0 Å². The number of carbonyl (C=O) groups is 1. The van der Waals surface area contributed by atoms with Crippen molar-refractivity contribution in [3.05, 3.63) is 52.5 Å². The molecule has 2 rings (SSSR count). The Hall–Kier alpha value is -1.60. The first-order valence-corrected chi connectivity index (χ1v) is 7.55. The number of para-hydroxylation sites is 1. The fourth-order valence-electron chi connectivity index (χ4n) is 1.65. The fourth-order valence-corrected chi connectivity index (χ4v) is 2.49. The molecular formula is C14H11BrF2N2OS. The van der Waals surface area contributed by atoms with Crippen LogP contribution in [-0.2, 0) is 0 Å². The topological polar surface area (TPSA) is 55.1 Å². The number of rotatable bonds is 4. The number of nitrogen functional groups attached to an aromatic ring is 1. The number of hydrogen-bond donors (Lipinski definition) is 2. The van der Waals surface area contributed by atoms with E-state index >= 15 is 0 Å². The Morgan fingerprint density at radius 3 is 2.62 bits per heavy atom. The second-order valence-corrected chi connectivity index (χ2v) is 5.95. The lowest BCUT2D eigenvalue weighted by Crippen LogP contribution is -2.13. The van der Waals surface area contributed by atoms with E-state index in [1.54, 1.807) is 30.3 Å². The molecule has 110 valence electrons. The van der Waals surface area contributed by atoms with Gasteiger partial charge in [0.25, 0.3) is 11.7 Å². The lowest BCUT2D eigenvalue weighted by Gasteiger charge is -2.11. The SMILES string of the molecule is Nc1cc(C(=O)Nc2ccccc2SC(F)F)ccc1Br. The van der Waals surface area contributed by atoms with Crippen LogP contribution in [-0.4, -0.2) is 11.7 Å². The summed E-state index contributed by atoms with van der Waals surface area (Å²) in [5, 5.41) is 2.61. The highest BCUT2D eigenvalue weighted by molar-refractivity contribution is 9.10. The van der Waals surface area contributed by atoms with Gasteiger partial charge in [-0.2, -0.15) is 8.78 Å². The van der Waals surface area contributed by atoms with Gasteiger partial charge in [0.1, 0.15) is 0 Å². The predicted molar refractivity (Wildman–Crippen MR) is 84.8 cm³/mol. The third kappa shape index (κ3) is 4.18. The number of hydrogen-bond acceptors (Lipinski definition) is 3. The van der Waals surface area contributed by atoms with Crippen molar-refractivity contribution in [1.82, 2.24) is 0 Å². The van der Waals surface area contributed by atoms with E-state index < -0.39 is 11.7 Å². The molecule has 0 aromatic heterocycles. The molecule has 0 saturated carbocycles. The van der Waals surface area contributed by atoms with Crippen LogP contribution < -0.4 is 11.1 Å². The van der Waals surface area contributed by atoms with Crippen LogP contribution in [0, 0.1) is 0 Å². The second-order valence-electron chi connectivity index (χ2n) is 4.07. The van der Waals surface area contributed by atoms with Gasteiger partial charge in [-0.3, -0.25) is 4.79 Å². The van der Waals surface area contributed by atoms with Crippen molar-refractivity contribution in [2.75, 3.05) is 11.1 Å². The van der Waals surface area contributed by atoms with Gasteiger partial charge in [0.05, 0.1) is 5.69 Å². The van der Waals surface area contributed by atoms with Crippen LogP contribution in [0.4, 0.5) is 20.2 Å². The van der Waals surface area contributed by atoms with E-state index in [-0.39, 0.29) is 0 Å². The van der Waals surface area contributed by atoms with E-state index in [2.05, 4.69) is 21.2 Å². The highest BCUT2D eigenvalue weighted by Crippen LogP contribution is 2.32. The van der Waals surface area contributed by atoms with Gasteiger partial charge in [-0.15, -0.1) is 0 Å². The summed E-state index contributed by atoms with van der Waals surface area (Å²) >= 11 is 3.63. The van der Waals surface area contributed by atoms with E-state index in [1.165, 1.54) is 12.1 Å². The molecule has 0 spiro atoms. The Kier molecular flexibility index (Phi) is 5.19. The lowest BCUT2D eigenvalue weighted by molar-refractivity contribution is 0.102. The van der Waals surface area contributed by atoms with Gasteiger partial charge < -0.3 is 11.1 Å². The summed E-state index contributed by atoms with van der Waals surface area (Å²) in [4.78, 5) is 12.4. The highest BCUT2D eigenvalue weighted by Gasteiger charge is 2.13. The standard InChI is InChI=1S/C14H11BrF2N2OS/c15-9-6-5-8(7-10(9)18)13(20)19-11-3-1-2-4-12(11)21-14(16)17/h1-7,14H,18H2,(H,19,20). The summed E-state index contributed by atoms with van der Waals surface area (Å²) < 4.78 is 25.7. The Morgan fingerprint density at radius 1 is 1.24 bits per heavy atom. The molecule has 0 saturated heterocycles. The molecule has 0 unspecified atom stereocenters. The summed E-state index contributed by atoms with van der Waals surface area (Å²) in [7, 11) is 0. The molecular weight excluding hydrogens is 362 g/mol. The molecule has 2 aromatic rings. The molecule has 3 N–H and O–H groups in total. The number of carbonyl (C=O) groups excluding carboxylic acids is 1. The minimum atomic E-state index is -2.55. The van der Waals surface area contributed by atoms with Gasteiger partial charge in [-0.05, 0) is 46.3 Å². The van der Waals surface area contributed by atoms with E-state index in [9.17, 15) is 13.6 Å². The molecule has 7 heteroatoms. The Balaban J connectivity index is 2.21. The fraction of sp³-hybridized carbons (Fsp3) is 0.0714. The molecule has 0 fully saturated rings. The van der Waals surface area contributed by atoms with E-state index in [4.69, 9.17) is 5.73 Å². The zero-order valence-corrected chi connectivity index (χ0v) is 13.0. The van der Waals surface area contributed by atoms with E-state index in [0.717, 1.165) is 0 Å². The number of benzene rings is 2. The molecule has 1 amide bonds. The van der Waals surface area contributed by atoms with Crippen LogP contribution in [0.2, 0.25) is 0 Å². The molecule has 0 aliphatic rings. The molecule has 0 aliphatic heterocycles.